The van der Waals surface area contributed by atoms with E-state index in [1.807, 2.05) is 0 Å². The molecule has 1 aromatic carbocycles. The van der Waals surface area contributed by atoms with Gasteiger partial charge in [-0.15, -0.1) is 12.4 Å². The lowest BCUT2D eigenvalue weighted by Crippen LogP contribution is -2.05. The molecule has 0 radical (unpaired) electrons. The Morgan fingerprint density at radius 3 is 2.62 bits per heavy atom. The first-order chi connectivity index (χ1) is 5.66. The van der Waals surface area contributed by atoms with Crippen LogP contribution in [0.4, 0.5) is 5.69 Å². The van der Waals surface area contributed by atoms with E-state index in [2.05, 4.69) is 4.74 Å². The summed E-state index contributed by atoms with van der Waals surface area (Å²) in [5, 5.41) is 0. The van der Waals surface area contributed by atoms with Gasteiger partial charge in [-0.25, -0.2) is 4.79 Å². The Balaban J connectivity index is 0.00000144. The minimum atomic E-state index is -0.347. The van der Waals surface area contributed by atoms with Gasteiger partial charge in [-0.1, -0.05) is 6.07 Å². The molecule has 72 valence electrons. The summed E-state index contributed by atoms with van der Waals surface area (Å²) in [6.45, 7) is 1.79. The first-order valence-electron chi connectivity index (χ1n) is 3.60. The average molecular weight is 202 g/mol. The minimum absolute atomic E-state index is 0. The fourth-order valence-electron chi connectivity index (χ4n) is 0.985. The fraction of sp³-hybridized carbons (Fsp3) is 0.222. The fourth-order valence-corrected chi connectivity index (χ4v) is 0.985. The average Bonchev–Trinajstić information content (AvgIpc) is 2.08. The first-order valence-corrected chi connectivity index (χ1v) is 3.60. The van der Waals surface area contributed by atoms with Crippen molar-refractivity contribution in [3.63, 3.8) is 0 Å². The Morgan fingerprint density at radius 2 is 2.08 bits per heavy atom. The molecule has 0 spiro atoms. The molecule has 3 nitrogen and oxygen atoms in total. The smallest absolute Gasteiger partial charge is 0.338 e. The van der Waals surface area contributed by atoms with Gasteiger partial charge in [0, 0.05) is 5.69 Å². The van der Waals surface area contributed by atoms with Crippen LogP contribution in [0.15, 0.2) is 18.2 Å². The monoisotopic (exact) mass is 201 g/mol. The molecule has 0 amide bonds. The molecule has 0 aliphatic heterocycles. The molecule has 0 atom stereocenters. The number of carbonyl (C=O) groups is 1. The minimum Gasteiger partial charge on any atom is -0.465 e. The molecule has 0 bridgehead atoms. The van der Waals surface area contributed by atoms with E-state index >= 15 is 0 Å². The summed E-state index contributed by atoms with van der Waals surface area (Å²) in [6.07, 6.45) is 0. The van der Waals surface area contributed by atoms with Gasteiger partial charge in [0.1, 0.15) is 0 Å². The van der Waals surface area contributed by atoms with Crippen LogP contribution in [0, 0.1) is 6.92 Å². The molecule has 4 heteroatoms. The largest absolute Gasteiger partial charge is 0.465 e. The predicted octanol–water partition coefficient (Wildman–Crippen LogP) is 1.79. The molecule has 0 saturated carbocycles. The summed E-state index contributed by atoms with van der Waals surface area (Å²) in [4.78, 5) is 11.1. The van der Waals surface area contributed by atoms with E-state index in [1.54, 1.807) is 25.1 Å². The van der Waals surface area contributed by atoms with Crippen molar-refractivity contribution in [2.75, 3.05) is 12.8 Å². The van der Waals surface area contributed by atoms with Crippen LogP contribution in [0.25, 0.3) is 0 Å². The Hall–Kier alpha value is -1.22. The summed E-state index contributed by atoms with van der Waals surface area (Å²) < 4.78 is 4.58. The van der Waals surface area contributed by atoms with E-state index in [9.17, 15) is 4.79 Å². The van der Waals surface area contributed by atoms with E-state index in [4.69, 9.17) is 5.73 Å². The first kappa shape index (κ1) is 11.8. The van der Waals surface area contributed by atoms with Crippen LogP contribution in [0.3, 0.4) is 0 Å². The van der Waals surface area contributed by atoms with E-state index < -0.39 is 0 Å². The van der Waals surface area contributed by atoms with E-state index in [1.165, 1.54) is 7.11 Å². The van der Waals surface area contributed by atoms with Gasteiger partial charge < -0.3 is 10.5 Å². The number of nitrogen functional groups attached to an aromatic ring is 1. The molecule has 2 N–H and O–H groups in total. The summed E-state index contributed by atoms with van der Waals surface area (Å²) in [5.41, 5.74) is 7.51. The summed E-state index contributed by atoms with van der Waals surface area (Å²) in [5.74, 6) is -0.347. The molecular weight excluding hydrogens is 190 g/mol. The Morgan fingerprint density at radius 1 is 1.46 bits per heavy atom. The summed E-state index contributed by atoms with van der Waals surface area (Å²) in [6, 6.07) is 5.17. The van der Waals surface area contributed by atoms with Crippen molar-refractivity contribution in [3.8, 4) is 0 Å². The van der Waals surface area contributed by atoms with Gasteiger partial charge in [-0.05, 0) is 24.6 Å². The third-order valence-electron chi connectivity index (χ3n) is 1.78. The highest BCUT2D eigenvalue weighted by Gasteiger charge is 2.09. The molecule has 0 unspecified atom stereocenters. The SMILES string of the molecule is COC(=O)c1cccc(N)c1C.Cl. The number of benzene rings is 1. The third-order valence-corrected chi connectivity index (χ3v) is 1.78. The lowest BCUT2D eigenvalue weighted by atomic mass is 10.1. The molecule has 0 heterocycles. The highest BCUT2D eigenvalue weighted by Crippen LogP contribution is 2.15. The number of halogens is 1. The van der Waals surface area contributed by atoms with Gasteiger partial charge in [0.2, 0.25) is 0 Å². The van der Waals surface area contributed by atoms with Gasteiger partial charge >= 0.3 is 5.97 Å². The number of anilines is 1. The number of rotatable bonds is 1. The molecular formula is C9H12ClNO2. The van der Waals surface area contributed by atoms with Gasteiger partial charge in [-0.3, -0.25) is 0 Å². The van der Waals surface area contributed by atoms with Crippen LogP contribution >= 0.6 is 12.4 Å². The van der Waals surface area contributed by atoms with Crippen LogP contribution < -0.4 is 5.73 Å². The zero-order chi connectivity index (χ0) is 9.14. The standard InChI is InChI=1S/C9H11NO2.ClH/c1-6-7(9(11)12-2)4-3-5-8(6)10;/h3-5H,10H2,1-2H3;1H. The number of nitrogens with two attached hydrogens (primary N) is 1. The van der Waals surface area contributed by atoms with E-state index in [0.717, 1.165) is 5.56 Å². The maximum Gasteiger partial charge on any atom is 0.338 e. The van der Waals surface area contributed by atoms with Gasteiger partial charge in [0.25, 0.3) is 0 Å². The van der Waals surface area contributed by atoms with Crippen LogP contribution in [0.5, 0.6) is 0 Å². The normalized spacial score (nSPS) is 8.77. The number of ether oxygens (including phenoxy) is 1. The lowest BCUT2D eigenvalue weighted by Gasteiger charge is -2.05. The number of esters is 1. The maximum atomic E-state index is 11.1. The van der Waals surface area contributed by atoms with Gasteiger partial charge in [-0.2, -0.15) is 0 Å². The second kappa shape index (κ2) is 4.72. The quantitative estimate of drug-likeness (QED) is 0.557. The zero-order valence-electron chi connectivity index (χ0n) is 7.53. The Kier molecular flexibility index (Phi) is 4.28. The second-order valence-electron chi connectivity index (χ2n) is 2.51. The molecule has 0 saturated heterocycles. The predicted molar refractivity (Wildman–Crippen MR) is 54.2 cm³/mol. The van der Waals surface area contributed by atoms with Crippen molar-refractivity contribution in [2.24, 2.45) is 0 Å². The number of carbonyl (C=O) groups excluding carboxylic acids is 1. The van der Waals surface area contributed by atoms with Crippen molar-refractivity contribution in [1.29, 1.82) is 0 Å². The van der Waals surface area contributed by atoms with Gasteiger partial charge in [0.05, 0.1) is 12.7 Å². The summed E-state index contributed by atoms with van der Waals surface area (Å²) >= 11 is 0. The Labute approximate surface area is 83.3 Å². The maximum absolute atomic E-state index is 11.1. The van der Waals surface area contributed by atoms with E-state index in [0.29, 0.717) is 11.3 Å². The molecule has 0 fully saturated rings. The molecule has 0 aromatic heterocycles. The van der Waals surface area contributed by atoms with E-state index in [-0.39, 0.29) is 18.4 Å². The highest BCUT2D eigenvalue weighted by molar-refractivity contribution is 5.92. The zero-order valence-corrected chi connectivity index (χ0v) is 8.35. The highest BCUT2D eigenvalue weighted by atomic mass is 35.5. The molecule has 0 aliphatic rings. The van der Waals surface area contributed by atoms with Crippen LogP contribution in [-0.2, 0) is 4.74 Å². The van der Waals surface area contributed by atoms with Gasteiger partial charge in [0.15, 0.2) is 0 Å². The third kappa shape index (κ3) is 2.36. The second-order valence-corrected chi connectivity index (χ2v) is 2.51. The number of methoxy groups -OCH3 is 1. The molecule has 1 aromatic rings. The van der Waals surface area contributed by atoms with Crippen LogP contribution in [0.1, 0.15) is 15.9 Å². The molecule has 0 aliphatic carbocycles. The lowest BCUT2D eigenvalue weighted by molar-refractivity contribution is 0.0600. The molecule has 13 heavy (non-hydrogen) atoms. The van der Waals surface area contributed by atoms with Crippen LogP contribution in [-0.4, -0.2) is 13.1 Å². The number of hydrogen-bond acceptors (Lipinski definition) is 3. The number of hydrogen-bond donors (Lipinski definition) is 1. The van der Waals surface area contributed by atoms with Crippen molar-refractivity contribution < 1.29 is 9.53 Å². The molecule has 1 rings (SSSR count). The van der Waals surface area contributed by atoms with Crippen molar-refractivity contribution in [1.82, 2.24) is 0 Å². The van der Waals surface area contributed by atoms with Crippen molar-refractivity contribution in [3.05, 3.63) is 29.3 Å². The topological polar surface area (TPSA) is 52.3 Å². The van der Waals surface area contributed by atoms with Crippen LogP contribution in [0.2, 0.25) is 0 Å². The summed E-state index contributed by atoms with van der Waals surface area (Å²) in [7, 11) is 1.35. The van der Waals surface area contributed by atoms with Crippen molar-refractivity contribution in [2.45, 2.75) is 6.92 Å². The van der Waals surface area contributed by atoms with Crippen molar-refractivity contribution >= 4 is 24.1 Å². The Bertz CT molecular complexity index is 312.